The van der Waals surface area contributed by atoms with Crippen LogP contribution in [0, 0.1) is 5.41 Å². The maximum absolute atomic E-state index is 10.5. The van der Waals surface area contributed by atoms with E-state index in [2.05, 4.69) is 30.7 Å². The molecule has 17 heavy (non-hydrogen) atoms. The van der Waals surface area contributed by atoms with Crippen LogP contribution in [-0.4, -0.2) is 21.0 Å². The number of aromatic nitrogens is 2. The third kappa shape index (κ3) is 5.13. The van der Waals surface area contributed by atoms with Crippen molar-refractivity contribution in [3.8, 4) is 0 Å². The molecule has 0 bridgehead atoms. The zero-order chi connectivity index (χ0) is 13.1. The first kappa shape index (κ1) is 13.9. The molecular formula is C12H17ClN2O2. The van der Waals surface area contributed by atoms with E-state index in [1.54, 1.807) is 6.20 Å². The molecule has 0 saturated carbocycles. The van der Waals surface area contributed by atoms with E-state index >= 15 is 0 Å². The number of halogens is 1. The SMILES string of the molecule is CC(C)(C)Cc1ncc(CCC(=O)O)c(Cl)n1. The van der Waals surface area contributed by atoms with Crippen molar-refractivity contribution < 1.29 is 9.90 Å². The van der Waals surface area contributed by atoms with E-state index < -0.39 is 5.97 Å². The first-order valence-electron chi connectivity index (χ1n) is 5.50. The number of hydrogen-bond acceptors (Lipinski definition) is 3. The van der Waals surface area contributed by atoms with Gasteiger partial charge in [-0.1, -0.05) is 32.4 Å². The molecule has 0 aliphatic carbocycles. The first-order valence-corrected chi connectivity index (χ1v) is 5.88. The van der Waals surface area contributed by atoms with Gasteiger partial charge in [0, 0.05) is 24.6 Å². The summed E-state index contributed by atoms with van der Waals surface area (Å²) in [7, 11) is 0. The summed E-state index contributed by atoms with van der Waals surface area (Å²) in [5.41, 5.74) is 0.790. The highest BCUT2D eigenvalue weighted by molar-refractivity contribution is 6.30. The second-order valence-electron chi connectivity index (χ2n) is 5.23. The zero-order valence-corrected chi connectivity index (χ0v) is 11.1. The molecule has 0 fully saturated rings. The van der Waals surface area contributed by atoms with Gasteiger partial charge in [-0.25, -0.2) is 9.97 Å². The Morgan fingerprint density at radius 3 is 2.59 bits per heavy atom. The van der Waals surface area contributed by atoms with Crippen LogP contribution in [0.15, 0.2) is 6.20 Å². The van der Waals surface area contributed by atoms with Crippen LogP contribution in [0.4, 0.5) is 0 Å². The Labute approximate surface area is 106 Å². The van der Waals surface area contributed by atoms with Gasteiger partial charge in [0.15, 0.2) is 0 Å². The molecular weight excluding hydrogens is 240 g/mol. The summed E-state index contributed by atoms with van der Waals surface area (Å²) in [4.78, 5) is 18.9. The van der Waals surface area contributed by atoms with Gasteiger partial charge in [-0.05, 0) is 11.8 Å². The van der Waals surface area contributed by atoms with Crippen molar-refractivity contribution in [1.29, 1.82) is 0 Å². The Balaban J connectivity index is 2.76. The van der Waals surface area contributed by atoms with Crippen LogP contribution < -0.4 is 0 Å². The maximum atomic E-state index is 10.5. The van der Waals surface area contributed by atoms with Gasteiger partial charge >= 0.3 is 5.97 Å². The summed E-state index contributed by atoms with van der Waals surface area (Å²) >= 11 is 6.00. The predicted molar refractivity (Wildman–Crippen MR) is 66.2 cm³/mol. The van der Waals surface area contributed by atoms with E-state index in [1.165, 1.54) is 0 Å². The average molecular weight is 257 g/mol. The Bertz CT molecular complexity index is 413. The highest BCUT2D eigenvalue weighted by atomic mass is 35.5. The first-order chi connectivity index (χ1) is 7.78. The van der Waals surface area contributed by atoms with Crippen LogP contribution in [0.2, 0.25) is 5.15 Å². The van der Waals surface area contributed by atoms with E-state index in [9.17, 15) is 4.79 Å². The molecule has 4 nitrogen and oxygen atoms in total. The number of aryl methyl sites for hydroxylation is 1. The van der Waals surface area contributed by atoms with Gasteiger partial charge in [0.1, 0.15) is 11.0 Å². The molecule has 1 N–H and O–H groups in total. The predicted octanol–water partition coefficient (Wildman–Crippen LogP) is 2.74. The summed E-state index contributed by atoms with van der Waals surface area (Å²) in [6, 6.07) is 0. The quantitative estimate of drug-likeness (QED) is 0.842. The Morgan fingerprint density at radius 2 is 2.12 bits per heavy atom. The molecule has 1 aromatic rings. The lowest BCUT2D eigenvalue weighted by atomic mass is 9.92. The monoisotopic (exact) mass is 256 g/mol. The molecule has 0 aliphatic heterocycles. The van der Waals surface area contributed by atoms with Gasteiger partial charge in [-0.3, -0.25) is 4.79 Å². The van der Waals surface area contributed by atoms with Crippen molar-refractivity contribution in [2.45, 2.75) is 40.0 Å². The van der Waals surface area contributed by atoms with Gasteiger partial charge in [0.2, 0.25) is 0 Å². The lowest BCUT2D eigenvalue weighted by Crippen LogP contribution is -2.12. The summed E-state index contributed by atoms with van der Waals surface area (Å²) in [6.07, 6.45) is 2.77. The van der Waals surface area contributed by atoms with Crippen molar-refractivity contribution in [2.24, 2.45) is 5.41 Å². The number of rotatable bonds is 4. The number of carboxylic acids is 1. The third-order valence-corrected chi connectivity index (χ3v) is 2.49. The number of carboxylic acid groups (broad SMARTS) is 1. The fourth-order valence-corrected chi connectivity index (χ4v) is 1.63. The van der Waals surface area contributed by atoms with Crippen LogP contribution in [0.25, 0.3) is 0 Å². The molecule has 1 heterocycles. The van der Waals surface area contributed by atoms with Crippen molar-refractivity contribution in [3.05, 3.63) is 22.7 Å². The van der Waals surface area contributed by atoms with Crippen molar-refractivity contribution >= 4 is 17.6 Å². The highest BCUT2D eigenvalue weighted by Gasteiger charge is 2.15. The Hall–Kier alpha value is -1.16. The van der Waals surface area contributed by atoms with Crippen LogP contribution in [0.3, 0.4) is 0 Å². The van der Waals surface area contributed by atoms with E-state index in [-0.39, 0.29) is 11.8 Å². The molecule has 0 amide bonds. The molecule has 1 aromatic heterocycles. The summed E-state index contributed by atoms with van der Waals surface area (Å²) in [5.74, 6) is -0.151. The molecule has 0 spiro atoms. The van der Waals surface area contributed by atoms with Gasteiger partial charge in [0.25, 0.3) is 0 Å². The second-order valence-corrected chi connectivity index (χ2v) is 5.59. The minimum Gasteiger partial charge on any atom is -0.481 e. The largest absolute Gasteiger partial charge is 0.481 e. The van der Waals surface area contributed by atoms with Gasteiger partial charge < -0.3 is 5.11 Å². The molecule has 0 saturated heterocycles. The molecule has 0 radical (unpaired) electrons. The van der Waals surface area contributed by atoms with Crippen LogP contribution in [-0.2, 0) is 17.6 Å². The second kappa shape index (κ2) is 5.45. The highest BCUT2D eigenvalue weighted by Crippen LogP contribution is 2.20. The summed E-state index contributed by atoms with van der Waals surface area (Å²) < 4.78 is 0. The minimum atomic E-state index is -0.847. The summed E-state index contributed by atoms with van der Waals surface area (Å²) in [6.45, 7) is 6.30. The van der Waals surface area contributed by atoms with E-state index in [0.29, 0.717) is 23.0 Å². The molecule has 1 rings (SSSR count). The van der Waals surface area contributed by atoms with Gasteiger partial charge in [0.05, 0.1) is 0 Å². The van der Waals surface area contributed by atoms with Crippen LogP contribution in [0.5, 0.6) is 0 Å². The summed E-state index contributed by atoms with van der Waals surface area (Å²) in [5, 5.41) is 8.95. The molecule has 0 atom stereocenters. The fraction of sp³-hybridized carbons (Fsp3) is 0.583. The molecule has 0 aromatic carbocycles. The van der Waals surface area contributed by atoms with Gasteiger partial charge in [-0.2, -0.15) is 0 Å². The lowest BCUT2D eigenvalue weighted by molar-refractivity contribution is -0.136. The molecule has 0 aliphatic rings. The Kier molecular flexibility index (Phi) is 4.46. The topological polar surface area (TPSA) is 63.1 Å². The van der Waals surface area contributed by atoms with E-state index in [0.717, 1.165) is 6.42 Å². The third-order valence-electron chi connectivity index (χ3n) is 2.16. The van der Waals surface area contributed by atoms with Crippen LogP contribution >= 0.6 is 11.6 Å². The van der Waals surface area contributed by atoms with E-state index in [4.69, 9.17) is 16.7 Å². The normalized spacial score (nSPS) is 11.5. The standard InChI is InChI=1S/C12H17ClN2O2/c1-12(2,3)6-9-14-7-8(11(13)15-9)4-5-10(16)17/h7H,4-6H2,1-3H3,(H,16,17). The fourth-order valence-electron chi connectivity index (χ4n) is 1.39. The van der Waals surface area contributed by atoms with E-state index in [1.807, 2.05) is 0 Å². The smallest absolute Gasteiger partial charge is 0.303 e. The Morgan fingerprint density at radius 1 is 1.47 bits per heavy atom. The number of carbonyl (C=O) groups is 1. The maximum Gasteiger partial charge on any atom is 0.303 e. The lowest BCUT2D eigenvalue weighted by Gasteiger charge is -2.16. The number of hydrogen-bond donors (Lipinski definition) is 1. The zero-order valence-electron chi connectivity index (χ0n) is 10.3. The van der Waals surface area contributed by atoms with Crippen LogP contribution in [0.1, 0.15) is 38.6 Å². The van der Waals surface area contributed by atoms with Crippen molar-refractivity contribution in [1.82, 2.24) is 9.97 Å². The molecule has 0 unspecified atom stereocenters. The van der Waals surface area contributed by atoms with Crippen molar-refractivity contribution in [2.75, 3.05) is 0 Å². The number of nitrogens with zero attached hydrogens (tertiary/aromatic N) is 2. The molecule has 5 heteroatoms. The average Bonchev–Trinajstić information content (AvgIpc) is 2.13. The number of aliphatic carboxylic acids is 1. The minimum absolute atomic E-state index is 0.0434. The van der Waals surface area contributed by atoms with Crippen molar-refractivity contribution in [3.63, 3.8) is 0 Å². The molecule has 94 valence electrons. The van der Waals surface area contributed by atoms with Gasteiger partial charge in [-0.15, -0.1) is 0 Å².